The van der Waals surface area contributed by atoms with E-state index in [2.05, 4.69) is 15.2 Å². The zero-order chi connectivity index (χ0) is 17.9. The third-order valence-corrected chi connectivity index (χ3v) is 3.05. The van der Waals surface area contributed by atoms with E-state index in [-0.39, 0.29) is 28.5 Å². The maximum atomic E-state index is 12.9. The summed E-state index contributed by atoms with van der Waals surface area (Å²) in [5.41, 5.74) is 12.2. The second-order valence-corrected chi connectivity index (χ2v) is 5.11. The summed E-state index contributed by atoms with van der Waals surface area (Å²) in [6.07, 6.45) is -4.06. The Morgan fingerprint density at radius 2 is 2.00 bits per heavy atom. The molecule has 0 saturated carbocycles. The minimum absolute atomic E-state index is 0.00736. The van der Waals surface area contributed by atoms with Crippen molar-refractivity contribution in [2.45, 2.75) is 19.5 Å². The topological polar surface area (TPSA) is 99.9 Å². The van der Waals surface area contributed by atoms with Crippen LogP contribution in [0.5, 0.6) is 5.75 Å². The van der Waals surface area contributed by atoms with Crippen molar-refractivity contribution in [2.24, 2.45) is 5.73 Å². The molecule has 0 saturated heterocycles. The number of allylic oxidation sites excluding steroid dienone is 1. The van der Waals surface area contributed by atoms with Crippen LogP contribution in [0.3, 0.4) is 0 Å². The lowest BCUT2D eigenvalue weighted by molar-refractivity contribution is -0.127. The van der Waals surface area contributed by atoms with Crippen LogP contribution in [0.15, 0.2) is 23.9 Å². The van der Waals surface area contributed by atoms with E-state index in [1.807, 2.05) is 0 Å². The Hall–Kier alpha value is -2.84. The van der Waals surface area contributed by atoms with E-state index in [9.17, 15) is 13.2 Å². The van der Waals surface area contributed by atoms with Crippen molar-refractivity contribution in [3.8, 4) is 17.0 Å². The molecular weight excluding hydrogens is 323 g/mol. The fourth-order valence-electron chi connectivity index (χ4n) is 2.15. The van der Waals surface area contributed by atoms with Crippen molar-refractivity contribution >= 4 is 12.0 Å². The number of hydrogen-bond acceptors (Lipinski definition) is 6. The molecule has 24 heavy (non-hydrogen) atoms. The molecule has 9 heteroatoms. The number of nitrogens with zero attached hydrogens (tertiary/aromatic N) is 3. The average molecular weight is 339 g/mol. The summed E-state index contributed by atoms with van der Waals surface area (Å²) in [6, 6.07) is 4.32. The number of hydrogen-bond donors (Lipinski definition) is 2. The first-order chi connectivity index (χ1) is 11.2. The molecule has 2 aromatic rings. The van der Waals surface area contributed by atoms with Crippen LogP contribution in [0.1, 0.15) is 18.2 Å². The van der Waals surface area contributed by atoms with Crippen molar-refractivity contribution in [3.63, 3.8) is 0 Å². The second kappa shape index (κ2) is 6.73. The van der Waals surface area contributed by atoms with Crippen molar-refractivity contribution in [2.75, 3.05) is 12.8 Å². The van der Waals surface area contributed by atoms with Crippen LogP contribution < -0.4 is 16.2 Å². The normalized spacial score (nSPS) is 12.3. The van der Waals surface area contributed by atoms with Gasteiger partial charge in [-0.2, -0.15) is 13.2 Å². The molecule has 1 aromatic carbocycles. The van der Waals surface area contributed by atoms with Gasteiger partial charge in [0, 0.05) is 11.3 Å². The molecule has 0 bridgehead atoms. The fraction of sp³-hybridized carbons (Fsp3) is 0.267. The molecule has 4 N–H and O–H groups in total. The third-order valence-electron chi connectivity index (χ3n) is 3.05. The van der Waals surface area contributed by atoms with Crippen molar-refractivity contribution in [1.29, 1.82) is 0 Å². The van der Waals surface area contributed by atoms with Gasteiger partial charge >= 0.3 is 6.18 Å². The number of methoxy groups -OCH3 is 1. The van der Waals surface area contributed by atoms with Gasteiger partial charge in [-0.25, -0.2) is 4.98 Å². The summed E-state index contributed by atoms with van der Waals surface area (Å²) in [6.45, 7) is 1.62. The quantitative estimate of drug-likeness (QED) is 0.888. The largest absolute Gasteiger partial charge is 0.497 e. The second-order valence-electron chi connectivity index (χ2n) is 5.11. The monoisotopic (exact) mass is 339 g/mol. The van der Waals surface area contributed by atoms with E-state index in [4.69, 9.17) is 16.2 Å². The average Bonchev–Trinajstić information content (AvgIpc) is 2.45. The summed E-state index contributed by atoms with van der Waals surface area (Å²) in [7, 11) is 1.38. The summed E-state index contributed by atoms with van der Waals surface area (Å²) >= 11 is 0. The van der Waals surface area contributed by atoms with Crippen LogP contribution in [0.25, 0.3) is 17.3 Å². The molecule has 0 aliphatic carbocycles. The van der Waals surface area contributed by atoms with Gasteiger partial charge in [0.15, 0.2) is 0 Å². The Balaban J connectivity index is 2.66. The number of halogens is 3. The van der Waals surface area contributed by atoms with Gasteiger partial charge in [-0.15, -0.1) is 10.2 Å². The highest BCUT2D eigenvalue weighted by Gasteiger charge is 2.30. The molecule has 0 aliphatic rings. The predicted octanol–water partition coefficient (Wildman–Crippen LogP) is 2.55. The van der Waals surface area contributed by atoms with Crippen LogP contribution in [0.2, 0.25) is 0 Å². The first-order valence-corrected chi connectivity index (χ1v) is 6.87. The number of rotatable bonds is 4. The molecule has 6 nitrogen and oxygen atoms in total. The van der Waals surface area contributed by atoms with Crippen molar-refractivity contribution in [3.05, 3.63) is 35.2 Å². The zero-order valence-electron chi connectivity index (χ0n) is 13.1. The molecule has 1 aromatic heterocycles. The number of ether oxygens (including phenoxy) is 1. The predicted molar refractivity (Wildman–Crippen MR) is 83.8 cm³/mol. The lowest BCUT2D eigenvalue weighted by Gasteiger charge is -2.14. The molecule has 0 unspecified atom stereocenters. The highest BCUT2D eigenvalue weighted by Crippen LogP contribution is 2.33. The smallest absolute Gasteiger partial charge is 0.393 e. The van der Waals surface area contributed by atoms with E-state index in [0.29, 0.717) is 11.4 Å². The lowest BCUT2D eigenvalue weighted by Crippen LogP contribution is -2.13. The maximum Gasteiger partial charge on any atom is 0.393 e. The van der Waals surface area contributed by atoms with Gasteiger partial charge in [-0.05, 0) is 36.8 Å². The van der Waals surface area contributed by atoms with Gasteiger partial charge in [-0.3, -0.25) is 0 Å². The Morgan fingerprint density at radius 1 is 1.29 bits per heavy atom. The number of nitrogen functional groups attached to an aromatic ring is 1. The van der Waals surface area contributed by atoms with Gasteiger partial charge in [0.1, 0.15) is 11.4 Å². The highest BCUT2D eigenvalue weighted by molar-refractivity contribution is 5.73. The Labute approximate surface area is 136 Å². The van der Waals surface area contributed by atoms with Gasteiger partial charge < -0.3 is 16.2 Å². The molecule has 1 heterocycles. The van der Waals surface area contributed by atoms with Crippen molar-refractivity contribution in [1.82, 2.24) is 15.2 Å². The summed E-state index contributed by atoms with van der Waals surface area (Å²) in [5.74, 6) is 0.207. The van der Waals surface area contributed by atoms with Crippen LogP contribution in [0.4, 0.5) is 19.1 Å². The SMILES string of the molecule is COc1ccc(-c2nnc(N)nc2C=C(C)N)c(CC(F)(F)F)c1. The third kappa shape index (κ3) is 4.34. The van der Waals surface area contributed by atoms with Crippen LogP contribution in [0, 0.1) is 0 Å². The Morgan fingerprint density at radius 3 is 2.58 bits per heavy atom. The minimum Gasteiger partial charge on any atom is -0.497 e. The zero-order valence-corrected chi connectivity index (χ0v) is 13.1. The molecule has 0 radical (unpaired) electrons. The van der Waals surface area contributed by atoms with Gasteiger partial charge in [-0.1, -0.05) is 0 Å². The molecule has 0 fully saturated rings. The maximum absolute atomic E-state index is 12.9. The van der Waals surface area contributed by atoms with E-state index < -0.39 is 12.6 Å². The Kier molecular flexibility index (Phi) is 4.91. The van der Waals surface area contributed by atoms with Crippen LogP contribution in [-0.2, 0) is 6.42 Å². The van der Waals surface area contributed by atoms with E-state index in [0.717, 1.165) is 0 Å². The van der Waals surface area contributed by atoms with E-state index in [1.54, 1.807) is 6.92 Å². The van der Waals surface area contributed by atoms with Gasteiger partial charge in [0.2, 0.25) is 5.95 Å². The number of anilines is 1. The molecular formula is C15H16F3N5O. The number of nitrogens with two attached hydrogens (primary N) is 2. The van der Waals surface area contributed by atoms with Crippen molar-refractivity contribution < 1.29 is 17.9 Å². The molecule has 0 spiro atoms. The van der Waals surface area contributed by atoms with Gasteiger partial charge in [0.25, 0.3) is 0 Å². The van der Waals surface area contributed by atoms with E-state index >= 15 is 0 Å². The first-order valence-electron chi connectivity index (χ1n) is 6.87. The lowest BCUT2D eigenvalue weighted by atomic mass is 9.99. The van der Waals surface area contributed by atoms with Gasteiger partial charge in [0.05, 0.1) is 19.2 Å². The number of aromatic nitrogens is 3. The van der Waals surface area contributed by atoms with Crippen LogP contribution >= 0.6 is 0 Å². The number of benzene rings is 1. The molecule has 0 aliphatic heterocycles. The molecule has 2 rings (SSSR count). The molecule has 0 atom stereocenters. The van der Waals surface area contributed by atoms with E-state index in [1.165, 1.54) is 31.4 Å². The summed E-state index contributed by atoms with van der Waals surface area (Å²) in [4.78, 5) is 4.01. The highest BCUT2D eigenvalue weighted by atomic mass is 19.4. The standard InChI is InChI=1S/C15H16F3N5O/c1-8(19)5-12-13(22-23-14(20)21-12)11-4-3-10(24-2)6-9(11)7-15(16,17)18/h3-6H,7,19H2,1-2H3,(H2,20,21,23). The molecule has 0 amide bonds. The molecule has 128 valence electrons. The number of alkyl halides is 3. The minimum atomic E-state index is -4.39. The summed E-state index contributed by atoms with van der Waals surface area (Å²) in [5, 5.41) is 7.54. The first kappa shape index (κ1) is 17.5. The fourth-order valence-corrected chi connectivity index (χ4v) is 2.15. The Bertz CT molecular complexity index is 770. The van der Waals surface area contributed by atoms with Crippen LogP contribution in [-0.4, -0.2) is 28.5 Å². The summed E-state index contributed by atoms with van der Waals surface area (Å²) < 4.78 is 43.7.